The van der Waals surface area contributed by atoms with Crippen LogP contribution in [-0.4, -0.2) is 55.0 Å². The fourth-order valence-electron chi connectivity index (χ4n) is 4.27. The van der Waals surface area contributed by atoms with Crippen molar-refractivity contribution in [3.8, 4) is 5.75 Å². The van der Waals surface area contributed by atoms with Gasteiger partial charge in [0, 0.05) is 13.1 Å². The average molecular weight is 395 g/mol. The molecule has 0 spiro atoms. The second-order valence-electron chi connectivity index (χ2n) is 8.13. The van der Waals surface area contributed by atoms with E-state index in [0.29, 0.717) is 0 Å². The van der Waals surface area contributed by atoms with Gasteiger partial charge in [0.15, 0.2) is 6.61 Å². The lowest BCUT2D eigenvalue weighted by atomic mass is 9.93. The van der Waals surface area contributed by atoms with Crippen molar-refractivity contribution in [2.24, 2.45) is 5.92 Å². The average Bonchev–Trinajstić information content (AvgIpc) is 2.65. The van der Waals surface area contributed by atoms with E-state index in [4.69, 9.17) is 4.74 Å². The molecule has 2 aliphatic heterocycles. The van der Waals surface area contributed by atoms with E-state index in [1.54, 1.807) is 0 Å². The molecule has 2 saturated heterocycles. The van der Waals surface area contributed by atoms with Gasteiger partial charge in [0.05, 0.1) is 0 Å². The number of hydrogen-bond donors (Lipinski definition) is 0. The Morgan fingerprint density at radius 1 is 1.00 bits per heavy atom. The molecule has 1 aromatic rings. The normalized spacial score (nSPS) is 18.8. The van der Waals surface area contributed by atoms with Crippen LogP contribution in [0.25, 0.3) is 0 Å². The minimum atomic E-state index is 0. The number of likely N-dealkylation sites (tertiary alicyclic amines) is 2. The van der Waals surface area contributed by atoms with E-state index in [1.807, 2.05) is 17.0 Å². The first-order chi connectivity index (χ1) is 12.6. The largest absolute Gasteiger partial charge is 0.484 e. The second kappa shape index (κ2) is 10.9. The molecule has 0 bridgehead atoms. The Bertz CT molecular complexity index is 574. The molecule has 0 N–H and O–H groups in total. The Balaban J connectivity index is 0.00000261. The number of nitrogens with zero attached hydrogens (tertiary/aromatic N) is 2. The standard InChI is InChI=1S/C22H34N2O2.ClH/c1-18-14-19(2)16-21(15-18)26-17-22(25)24-12-7-20(8-13-24)6-11-23-9-4-3-5-10-23;/h14-16,20H,3-13,17H2,1-2H3;1H. The van der Waals surface area contributed by atoms with E-state index in [-0.39, 0.29) is 24.9 Å². The lowest BCUT2D eigenvalue weighted by Crippen LogP contribution is -2.41. The number of piperidine rings is 2. The molecule has 0 radical (unpaired) electrons. The zero-order valence-electron chi connectivity index (χ0n) is 16.9. The van der Waals surface area contributed by atoms with Gasteiger partial charge in [-0.3, -0.25) is 4.79 Å². The molecule has 0 saturated carbocycles. The lowest BCUT2D eigenvalue weighted by molar-refractivity contribution is -0.134. The summed E-state index contributed by atoms with van der Waals surface area (Å²) in [5.74, 6) is 1.70. The first-order valence-electron chi connectivity index (χ1n) is 10.3. The van der Waals surface area contributed by atoms with E-state index < -0.39 is 0 Å². The third-order valence-electron chi connectivity index (χ3n) is 5.83. The van der Waals surface area contributed by atoms with Gasteiger partial charge >= 0.3 is 0 Å². The molecule has 1 aromatic carbocycles. The highest BCUT2D eigenvalue weighted by Crippen LogP contribution is 2.22. The fourth-order valence-corrected chi connectivity index (χ4v) is 4.27. The third kappa shape index (κ3) is 7.00. The number of hydrogen-bond acceptors (Lipinski definition) is 3. The maximum absolute atomic E-state index is 12.4. The lowest BCUT2D eigenvalue weighted by Gasteiger charge is -2.34. The fraction of sp³-hybridized carbons (Fsp3) is 0.682. The van der Waals surface area contributed by atoms with Crippen LogP contribution >= 0.6 is 12.4 Å². The Morgan fingerprint density at radius 2 is 1.63 bits per heavy atom. The minimum Gasteiger partial charge on any atom is -0.484 e. The van der Waals surface area contributed by atoms with E-state index >= 15 is 0 Å². The third-order valence-corrected chi connectivity index (χ3v) is 5.83. The number of carbonyl (C=O) groups is 1. The van der Waals surface area contributed by atoms with Crippen LogP contribution in [-0.2, 0) is 4.79 Å². The van der Waals surface area contributed by atoms with E-state index in [1.165, 1.54) is 56.4 Å². The second-order valence-corrected chi connectivity index (χ2v) is 8.13. The zero-order valence-corrected chi connectivity index (χ0v) is 17.7. The molecule has 4 nitrogen and oxygen atoms in total. The Hall–Kier alpha value is -1.26. The molecule has 0 atom stereocenters. The predicted octanol–water partition coefficient (Wildman–Crippen LogP) is 4.22. The highest BCUT2D eigenvalue weighted by atomic mass is 35.5. The van der Waals surface area contributed by atoms with Crippen molar-refractivity contribution >= 4 is 18.3 Å². The number of halogens is 1. The van der Waals surface area contributed by atoms with Gasteiger partial charge in [0.25, 0.3) is 5.91 Å². The summed E-state index contributed by atoms with van der Waals surface area (Å²) in [6.45, 7) is 9.85. The molecule has 5 heteroatoms. The summed E-state index contributed by atoms with van der Waals surface area (Å²) in [6.07, 6.45) is 7.72. The molecule has 0 aromatic heterocycles. The SMILES string of the molecule is Cc1cc(C)cc(OCC(=O)N2CCC(CCN3CCCCC3)CC2)c1.Cl. The molecule has 0 aliphatic carbocycles. The quantitative estimate of drug-likeness (QED) is 0.724. The number of amides is 1. The molecular formula is C22H35ClN2O2. The summed E-state index contributed by atoms with van der Waals surface area (Å²) in [7, 11) is 0. The van der Waals surface area contributed by atoms with Gasteiger partial charge in [-0.2, -0.15) is 0 Å². The van der Waals surface area contributed by atoms with Crippen LogP contribution in [0.15, 0.2) is 18.2 Å². The van der Waals surface area contributed by atoms with E-state index in [0.717, 1.165) is 37.6 Å². The van der Waals surface area contributed by atoms with Gasteiger partial charge in [0.1, 0.15) is 5.75 Å². The van der Waals surface area contributed by atoms with Crippen molar-refractivity contribution < 1.29 is 9.53 Å². The smallest absolute Gasteiger partial charge is 0.260 e. The predicted molar refractivity (Wildman–Crippen MR) is 113 cm³/mol. The van der Waals surface area contributed by atoms with Crippen LogP contribution in [0.1, 0.15) is 49.7 Å². The van der Waals surface area contributed by atoms with Crippen molar-refractivity contribution in [3.63, 3.8) is 0 Å². The molecule has 27 heavy (non-hydrogen) atoms. The van der Waals surface area contributed by atoms with Gasteiger partial charge in [-0.25, -0.2) is 0 Å². The number of aryl methyl sites for hydroxylation is 2. The monoisotopic (exact) mass is 394 g/mol. The summed E-state index contributed by atoms with van der Waals surface area (Å²) in [5, 5.41) is 0. The molecule has 2 heterocycles. The Labute approximate surface area is 170 Å². The van der Waals surface area contributed by atoms with Crippen LogP contribution in [0.3, 0.4) is 0 Å². The van der Waals surface area contributed by atoms with Gasteiger partial charge in [-0.1, -0.05) is 12.5 Å². The topological polar surface area (TPSA) is 32.8 Å². The molecule has 0 unspecified atom stereocenters. The van der Waals surface area contributed by atoms with Gasteiger partial charge in [-0.15, -0.1) is 12.4 Å². The zero-order chi connectivity index (χ0) is 18.4. The van der Waals surface area contributed by atoms with Gasteiger partial charge in [-0.05, 0) is 94.8 Å². The van der Waals surface area contributed by atoms with Crippen LogP contribution in [0, 0.1) is 19.8 Å². The molecule has 152 valence electrons. The van der Waals surface area contributed by atoms with Crippen LogP contribution < -0.4 is 4.74 Å². The van der Waals surface area contributed by atoms with E-state index in [9.17, 15) is 4.79 Å². The van der Waals surface area contributed by atoms with Crippen molar-refractivity contribution in [2.75, 3.05) is 39.3 Å². The molecular weight excluding hydrogens is 360 g/mol. The highest BCUT2D eigenvalue weighted by molar-refractivity contribution is 5.85. The summed E-state index contributed by atoms with van der Waals surface area (Å²) < 4.78 is 5.74. The summed E-state index contributed by atoms with van der Waals surface area (Å²) >= 11 is 0. The molecule has 2 aliphatic rings. The molecule has 1 amide bonds. The number of ether oxygens (including phenoxy) is 1. The van der Waals surface area contributed by atoms with Crippen molar-refractivity contribution in [3.05, 3.63) is 29.3 Å². The number of benzene rings is 1. The molecule has 3 rings (SSSR count). The molecule has 2 fully saturated rings. The van der Waals surface area contributed by atoms with Crippen LogP contribution in [0.5, 0.6) is 5.75 Å². The minimum absolute atomic E-state index is 0. The summed E-state index contributed by atoms with van der Waals surface area (Å²) in [4.78, 5) is 17.1. The maximum Gasteiger partial charge on any atom is 0.260 e. The number of rotatable bonds is 6. The van der Waals surface area contributed by atoms with Gasteiger partial charge < -0.3 is 14.5 Å². The highest BCUT2D eigenvalue weighted by Gasteiger charge is 2.23. The van der Waals surface area contributed by atoms with Crippen LogP contribution in [0.4, 0.5) is 0 Å². The Kier molecular flexibility index (Phi) is 8.91. The maximum atomic E-state index is 12.4. The van der Waals surface area contributed by atoms with Crippen molar-refractivity contribution in [1.29, 1.82) is 0 Å². The first kappa shape index (κ1) is 22.0. The Morgan fingerprint density at radius 3 is 2.26 bits per heavy atom. The van der Waals surface area contributed by atoms with Gasteiger partial charge in [0.2, 0.25) is 0 Å². The summed E-state index contributed by atoms with van der Waals surface area (Å²) in [5.41, 5.74) is 2.34. The number of carbonyl (C=O) groups excluding carboxylic acids is 1. The van der Waals surface area contributed by atoms with Crippen molar-refractivity contribution in [1.82, 2.24) is 9.80 Å². The van der Waals surface area contributed by atoms with E-state index in [2.05, 4.69) is 24.8 Å². The first-order valence-corrected chi connectivity index (χ1v) is 10.3. The van der Waals surface area contributed by atoms with Crippen molar-refractivity contribution in [2.45, 2.75) is 52.4 Å². The summed E-state index contributed by atoms with van der Waals surface area (Å²) in [6, 6.07) is 6.10. The van der Waals surface area contributed by atoms with Crippen LogP contribution in [0.2, 0.25) is 0 Å².